The molecule has 2 heterocycles. The number of nitrogens with zero attached hydrogens (tertiary/aromatic N) is 2. The minimum Gasteiger partial charge on any atom is -0.358 e. The average molecular weight is 313 g/mol. The van der Waals surface area contributed by atoms with Gasteiger partial charge in [-0.3, -0.25) is 9.69 Å². The fourth-order valence-corrected chi connectivity index (χ4v) is 3.40. The number of H-pyrrole nitrogens is 1. The summed E-state index contributed by atoms with van der Waals surface area (Å²) in [6, 6.07) is 8.50. The lowest BCUT2D eigenvalue weighted by atomic mass is 10.1. The SMILES string of the molecule is CCCCC(=O)N1CCN(Cc2c(C)[nH]c3ccccc23)CC1. The Balaban J connectivity index is 1.60. The van der Waals surface area contributed by atoms with Gasteiger partial charge in [0.15, 0.2) is 0 Å². The van der Waals surface area contributed by atoms with E-state index in [1.807, 2.05) is 4.90 Å². The van der Waals surface area contributed by atoms with Gasteiger partial charge in [0.2, 0.25) is 5.91 Å². The van der Waals surface area contributed by atoms with Crippen LogP contribution >= 0.6 is 0 Å². The molecule has 0 bridgehead atoms. The van der Waals surface area contributed by atoms with Crippen LogP contribution < -0.4 is 0 Å². The molecule has 1 aromatic heterocycles. The Morgan fingerprint density at radius 2 is 1.91 bits per heavy atom. The molecule has 4 heteroatoms. The summed E-state index contributed by atoms with van der Waals surface area (Å²) in [6.07, 6.45) is 2.80. The molecular weight excluding hydrogens is 286 g/mol. The predicted molar refractivity (Wildman–Crippen MR) is 94.4 cm³/mol. The van der Waals surface area contributed by atoms with Gasteiger partial charge in [-0.2, -0.15) is 0 Å². The largest absolute Gasteiger partial charge is 0.358 e. The zero-order chi connectivity index (χ0) is 16.2. The van der Waals surface area contributed by atoms with E-state index in [1.165, 1.54) is 22.2 Å². The minimum absolute atomic E-state index is 0.328. The maximum atomic E-state index is 12.1. The second-order valence-electron chi connectivity index (χ2n) is 6.53. The van der Waals surface area contributed by atoms with Crippen molar-refractivity contribution >= 4 is 16.8 Å². The number of aromatic amines is 1. The van der Waals surface area contributed by atoms with Crippen LogP contribution in [0.2, 0.25) is 0 Å². The number of unbranched alkanes of at least 4 members (excludes halogenated alkanes) is 1. The molecule has 0 aliphatic carbocycles. The molecule has 1 aliphatic rings. The first-order valence-electron chi connectivity index (χ1n) is 8.75. The first-order chi connectivity index (χ1) is 11.2. The van der Waals surface area contributed by atoms with Crippen LogP contribution in [-0.2, 0) is 11.3 Å². The zero-order valence-electron chi connectivity index (χ0n) is 14.3. The summed E-state index contributed by atoms with van der Waals surface area (Å²) < 4.78 is 0. The van der Waals surface area contributed by atoms with E-state index in [2.05, 4.69) is 48.0 Å². The second-order valence-corrected chi connectivity index (χ2v) is 6.53. The molecule has 1 amide bonds. The number of para-hydroxylation sites is 1. The highest BCUT2D eigenvalue weighted by atomic mass is 16.2. The number of aromatic nitrogens is 1. The van der Waals surface area contributed by atoms with Crippen molar-refractivity contribution in [2.75, 3.05) is 26.2 Å². The van der Waals surface area contributed by atoms with E-state index in [9.17, 15) is 4.79 Å². The maximum Gasteiger partial charge on any atom is 0.222 e. The Bertz CT molecular complexity index is 668. The van der Waals surface area contributed by atoms with Gasteiger partial charge in [0, 0.05) is 55.7 Å². The van der Waals surface area contributed by atoms with Gasteiger partial charge in [-0.1, -0.05) is 31.5 Å². The third-order valence-corrected chi connectivity index (χ3v) is 4.88. The van der Waals surface area contributed by atoms with Crippen molar-refractivity contribution in [3.05, 3.63) is 35.5 Å². The quantitative estimate of drug-likeness (QED) is 0.920. The number of nitrogens with one attached hydrogen (secondary N) is 1. The van der Waals surface area contributed by atoms with Crippen LogP contribution in [0.15, 0.2) is 24.3 Å². The highest BCUT2D eigenvalue weighted by molar-refractivity contribution is 5.84. The smallest absolute Gasteiger partial charge is 0.222 e. The molecule has 2 aromatic rings. The van der Waals surface area contributed by atoms with E-state index < -0.39 is 0 Å². The van der Waals surface area contributed by atoms with Crippen molar-refractivity contribution in [3.8, 4) is 0 Å². The maximum absolute atomic E-state index is 12.1. The van der Waals surface area contributed by atoms with Crippen molar-refractivity contribution in [2.24, 2.45) is 0 Å². The Morgan fingerprint density at radius 3 is 2.65 bits per heavy atom. The molecule has 0 atom stereocenters. The van der Waals surface area contributed by atoms with Crippen LogP contribution in [0.25, 0.3) is 10.9 Å². The summed E-state index contributed by atoms with van der Waals surface area (Å²) in [7, 11) is 0. The summed E-state index contributed by atoms with van der Waals surface area (Å²) in [4.78, 5) is 20.1. The molecule has 4 nitrogen and oxygen atoms in total. The number of fused-ring (bicyclic) bond motifs is 1. The summed E-state index contributed by atoms with van der Waals surface area (Å²) >= 11 is 0. The van der Waals surface area contributed by atoms with E-state index in [-0.39, 0.29) is 0 Å². The highest BCUT2D eigenvalue weighted by Gasteiger charge is 2.21. The predicted octanol–water partition coefficient (Wildman–Crippen LogP) is 3.31. The fraction of sp³-hybridized carbons (Fsp3) is 0.526. The number of hydrogen-bond donors (Lipinski definition) is 1. The third kappa shape index (κ3) is 3.58. The van der Waals surface area contributed by atoms with Crippen molar-refractivity contribution in [2.45, 2.75) is 39.7 Å². The zero-order valence-corrected chi connectivity index (χ0v) is 14.3. The van der Waals surface area contributed by atoms with Gasteiger partial charge in [0.25, 0.3) is 0 Å². The molecular formula is C19H27N3O. The number of piperazine rings is 1. The fourth-order valence-electron chi connectivity index (χ4n) is 3.40. The van der Waals surface area contributed by atoms with E-state index in [1.54, 1.807) is 0 Å². The lowest BCUT2D eigenvalue weighted by Crippen LogP contribution is -2.48. The molecule has 3 rings (SSSR count). The van der Waals surface area contributed by atoms with Crippen LogP contribution in [0.1, 0.15) is 37.4 Å². The van der Waals surface area contributed by atoms with E-state index in [0.29, 0.717) is 12.3 Å². The normalized spacial score (nSPS) is 16.2. The first-order valence-corrected chi connectivity index (χ1v) is 8.75. The summed E-state index contributed by atoms with van der Waals surface area (Å²) in [5, 5.41) is 1.33. The molecule has 1 fully saturated rings. The Kier molecular flexibility index (Phi) is 5.01. The van der Waals surface area contributed by atoms with E-state index in [0.717, 1.165) is 45.6 Å². The van der Waals surface area contributed by atoms with Crippen LogP contribution in [-0.4, -0.2) is 46.9 Å². The number of benzene rings is 1. The second kappa shape index (κ2) is 7.18. The van der Waals surface area contributed by atoms with Gasteiger partial charge in [0.05, 0.1) is 0 Å². The molecule has 0 spiro atoms. The van der Waals surface area contributed by atoms with Crippen LogP contribution in [0.5, 0.6) is 0 Å². The number of aryl methyl sites for hydroxylation is 1. The molecule has 23 heavy (non-hydrogen) atoms. The first kappa shape index (κ1) is 16.1. The summed E-state index contributed by atoms with van der Waals surface area (Å²) in [6.45, 7) is 8.92. The van der Waals surface area contributed by atoms with Gasteiger partial charge in [-0.15, -0.1) is 0 Å². The van der Waals surface area contributed by atoms with Gasteiger partial charge < -0.3 is 9.88 Å². The van der Waals surface area contributed by atoms with Crippen molar-refractivity contribution in [1.29, 1.82) is 0 Å². The molecule has 1 aliphatic heterocycles. The van der Waals surface area contributed by atoms with Crippen LogP contribution in [0, 0.1) is 6.92 Å². The molecule has 0 radical (unpaired) electrons. The minimum atomic E-state index is 0.328. The average Bonchev–Trinajstić information content (AvgIpc) is 2.89. The number of rotatable bonds is 5. The monoisotopic (exact) mass is 313 g/mol. The summed E-state index contributed by atoms with van der Waals surface area (Å²) in [5.74, 6) is 0.328. The molecule has 1 aromatic carbocycles. The molecule has 1 saturated heterocycles. The number of carbonyl (C=O) groups is 1. The van der Waals surface area contributed by atoms with Crippen LogP contribution in [0.4, 0.5) is 0 Å². The Hall–Kier alpha value is -1.81. The lowest BCUT2D eigenvalue weighted by molar-refractivity contribution is -0.133. The Labute approximate surface area is 138 Å². The van der Waals surface area contributed by atoms with E-state index >= 15 is 0 Å². The highest BCUT2D eigenvalue weighted by Crippen LogP contribution is 2.23. The summed E-state index contributed by atoms with van der Waals surface area (Å²) in [5.41, 5.74) is 3.87. The van der Waals surface area contributed by atoms with E-state index in [4.69, 9.17) is 0 Å². The molecule has 124 valence electrons. The van der Waals surface area contributed by atoms with Crippen molar-refractivity contribution < 1.29 is 4.79 Å². The molecule has 0 saturated carbocycles. The molecule has 1 N–H and O–H groups in total. The topological polar surface area (TPSA) is 39.3 Å². The number of hydrogen-bond acceptors (Lipinski definition) is 2. The Morgan fingerprint density at radius 1 is 1.17 bits per heavy atom. The van der Waals surface area contributed by atoms with Crippen LogP contribution in [0.3, 0.4) is 0 Å². The van der Waals surface area contributed by atoms with Gasteiger partial charge in [0.1, 0.15) is 0 Å². The third-order valence-electron chi connectivity index (χ3n) is 4.88. The van der Waals surface area contributed by atoms with Gasteiger partial charge >= 0.3 is 0 Å². The van der Waals surface area contributed by atoms with Crippen molar-refractivity contribution in [1.82, 2.24) is 14.8 Å². The lowest BCUT2D eigenvalue weighted by Gasteiger charge is -2.35. The number of carbonyl (C=O) groups excluding carboxylic acids is 1. The van der Waals surface area contributed by atoms with Crippen molar-refractivity contribution in [3.63, 3.8) is 0 Å². The number of amides is 1. The standard InChI is InChI=1S/C19H27N3O/c1-3-4-9-19(23)22-12-10-21(11-13-22)14-17-15(2)20-18-8-6-5-7-16(17)18/h5-8,20H,3-4,9-14H2,1-2H3. The molecule has 0 unspecified atom stereocenters. The van der Waals surface area contributed by atoms with Gasteiger partial charge in [-0.05, 0) is 25.0 Å². The van der Waals surface area contributed by atoms with Gasteiger partial charge in [-0.25, -0.2) is 0 Å².